The first-order valence-electron chi connectivity index (χ1n) is 5.12. The summed E-state index contributed by atoms with van der Waals surface area (Å²) in [7, 11) is -3.77. The van der Waals surface area contributed by atoms with E-state index >= 15 is 0 Å². The molecule has 2 rings (SSSR count). The van der Waals surface area contributed by atoms with Crippen LogP contribution in [0.5, 0.6) is 11.5 Å². The predicted molar refractivity (Wildman–Crippen MR) is 64.2 cm³/mol. The van der Waals surface area contributed by atoms with Crippen LogP contribution in [0.3, 0.4) is 0 Å². The fourth-order valence-electron chi connectivity index (χ4n) is 1.37. The molecule has 2 aromatic rings. The average Bonchev–Trinajstić information content (AvgIpc) is 2.33. The smallest absolute Gasteiger partial charge is 0.238 e. The minimum absolute atomic E-state index is 0.0647. The Bertz CT molecular complexity index is 699. The van der Waals surface area contributed by atoms with Crippen molar-refractivity contribution in [1.82, 2.24) is 0 Å². The molecule has 0 bridgehead atoms. The van der Waals surface area contributed by atoms with E-state index in [9.17, 15) is 17.2 Å². The molecule has 0 aromatic heterocycles. The van der Waals surface area contributed by atoms with Crippen LogP contribution in [0.15, 0.2) is 47.4 Å². The maximum Gasteiger partial charge on any atom is 0.238 e. The Morgan fingerprint density at radius 3 is 2.00 bits per heavy atom. The SMILES string of the molecule is NS(=O)(=O)c1ccc(Oc2ccc(F)c(F)c2)cc1. The van der Waals surface area contributed by atoms with Crippen molar-refractivity contribution in [3.8, 4) is 11.5 Å². The Kier molecular flexibility index (Phi) is 3.50. The summed E-state index contributed by atoms with van der Waals surface area (Å²) in [4.78, 5) is -0.0647. The molecule has 0 heterocycles. The van der Waals surface area contributed by atoms with Crippen LogP contribution in [0.25, 0.3) is 0 Å². The Labute approximate surface area is 108 Å². The van der Waals surface area contributed by atoms with Gasteiger partial charge in [0.15, 0.2) is 11.6 Å². The summed E-state index contributed by atoms with van der Waals surface area (Å²) >= 11 is 0. The lowest BCUT2D eigenvalue weighted by molar-refractivity contribution is 0.461. The highest BCUT2D eigenvalue weighted by molar-refractivity contribution is 7.89. The van der Waals surface area contributed by atoms with Gasteiger partial charge in [-0.3, -0.25) is 0 Å². The predicted octanol–water partition coefficient (Wildman–Crippen LogP) is 2.40. The van der Waals surface area contributed by atoms with Gasteiger partial charge in [-0.1, -0.05) is 0 Å². The number of halogens is 2. The van der Waals surface area contributed by atoms with Crippen LogP contribution in [0, 0.1) is 11.6 Å². The molecule has 19 heavy (non-hydrogen) atoms. The van der Waals surface area contributed by atoms with Gasteiger partial charge in [0.1, 0.15) is 11.5 Å². The van der Waals surface area contributed by atoms with Crippen molar-refractivity contribution >= 4 is 10.0 Å². The van der Waals surface area contributed by atoms with Gasteiger partial charge in [0, 0.05) is 6.07 Å². The van der Waals surface area contributed by atoms with E-state index < -0.39 is 21.7 Å². The average molecular weight is 285 g/mol. The molecular formula is C12H9F2NO3S. The number of rotatable bonds is 3. The molecule has 2 N–H and O–H groups in total. The largest absolute Gasteiger partial charge is 0.457 e. The Hall–Kier alpha value is -1.99. The molecule has 0 aliphatic heterocycles. The topological polar surface area (TPSA) is 69.4 Å². The van der Waals surface area contributed by atoms with Gasteiger partial charge in [-0.15, -0.1) is 0 Å². The molecule has 0 saturated carbocycles. The van der Waals surface area contributed by atoms with Crippen molar-refractivity contribution in [3.63, 3.8) is 0 Å². The van der Waals surface area contributed by atoms with Gasteiger partial charge in [-0.25, -0.2) is 22.3 Å². The second-order valence-electron chi connectivity index (χ2n) is 3.69. The monoisotopic (exact) mass is 285 g/mol. The van der Waals surface area contributed by atoms with E-state index in [1.165, 1.54) is 30.3 Å². The van der Waals surface area contributed by atoms with Crippen molar-refractivity contribution < 1.29 is 21.9 Å². The third-order valence-electron chi connectivity index (χ3n) is 2.28. The second kappa shape index (κ2) is 4.94. The molecule has 2 aromatic carbocycles. The fourth-order valence-corrected chi connectivity index (χ4v) is 1.89. The molecule has 0 aliphatic carbocycles. The summed E-state index contributed by atoms with van der Waals surface area (Å²) < 4.78 is 53.0. The van der Waals surface area contributed by atoms with Crippen molar-refractivity contribution in [3.05, 3.63) is 54.1 Å². The number of benzene rings is 2. The maximum absolute atomic E-state index is 13.0. The van der Waals surface area contributed by atoms with Gasteiger partial charge in [0.25, 0.3) is 0 Å². The highest BCUT2D eigenvalue weighted by Crippen LogP contribution is 2.24. The quantitative estimate of drug-likeness (QED) is 0.941. The van der Waals surface area contributed by atoms with E-state index in [0.29, 0.717) is 0 Å². The van der Waals surface area contributed by atoms with E-state index in [1.54, 1.807) is 0 Å². The van der Waals surface area contributed by atoms with Gasteiger partial charge in [0.2, 0.25) is 10.0 Å². The summed E-state index contributed by atoms with van der Waals surface area (Å²) in [5.41, 5.74) is 0. The highest BCUT2D eigenvalue weighted by Gasteiger charge is 2.08. The molecule has 0 spiro atoms. The highest BCUT2D eigenvalue weighted by atomic mass is 32.2. The molecule has 4 nitrogen and oxygen atoms in total. The van der Waals surface area contributed by atoms with Crippen molar-refractivity contribution in [2.75, 3.05) is 0 Å². The van der Waals surface area contributed by atoms with Crippen LogP contribution in [0.2, 0.25) is 0 Å². The molecule has 0 radical (unpaired) electrons. The number of hydrogen-bond acceptors (Lipinski definition) is 3. The standard InChI is InChI=1S/C12H9F2NO3S/c13-11-6-3-9(7-12(11)14)18-8-1-4-10(5-2-8)19(15,16)17/h1-7H,(H2,15,16,17). The van der Waals surface area contributed by atoms with E-state index in [0.717, 1.165) is 12.1 Å². The lowest BCUT2D eigenvalue weighted by Gasteiger charge is -2.06. The lowest BCUT2D eigenvalue weighted by Crippen LogP contribution is -2.11. The first kappa shape index (κ1) is 13.4. The molecule has 0 saturated heterocycles. The van der Waals surface area contributed by atoms with Gasteiger partial charge < -0.3 is 4.74 Å². The van der Waals surface area contributed by atoms with Gasteiger partial charge in [-0.2, -0.15) is 0 Å². The van der Waals surface area contributed by atoms with Crippen LogP contribution in [-0.2, 0) is 10.0 Å². The molecule has 0 amide bonds. The van der Waals surface area contributed by atoms with Crippen LogP contribution >= 0.6 is 0 Å². The normalized spacial score (nSPS) is 11.3. The minimum Gasteiger partial charge on any atom is -0.457 e. The van der Waals surface area contributed by atoms with Gasteiger partial charge in [-0.05, 0) is 36.4 Å². The summed E-state index contributed by atoms with van der Waals surface area (Å²) in [6.07, 6.45) is 0. The molecule has 0 fully saturated rings. The second-order valence-corrected chi connectivity index (χ2v) is 5.26. The summed E-state index contributed by atoms with van der Waals surface area (Å²) in [6.45, 7) is 0. The molecule has 0 atom stereocenters. The van der Waals surface area contributed by atoms with E-state index in [1.807, 2.05) is 0 Å². The number of nitrogens with two attached hydrogens (primary N) is 1. The van der Waals surface area contributed by atoms with Crippen LogP contribution in [0.4, 0.5) is 8.78 Å². The third-order valence-corrected chi connectivity index (χ3v) is 3.21. The van der Waals surface area contributed by atoms with E-state index in [2.05, 4.69) is 0 Å². The van der Waals surface area contributed by atoms with Crippen molar-refractivity contribution in [2.24, 2.45) is 5.14 Å². The molecular weight excluding hydrogens is 276 g/mol. The molecule has 0 unspecified atom stereocenters. The van der Waals surface area contributed by atoms with Gasteiger partial charge >= 0.3 is 0 Å². The maximum atomic E-state index is 13.0. The molecule has 100 valence electrons. The van der Waals surface area contributed by atoms with Crippen LogP contribution < -0.4 is 9.88 Å². The lowest BCUT2D eigenvalue weighted by atomic mass is 10.3. The Morgan fingerprint density at radius 2 is 1.47 bits per heavy atom. The number of ether oxygens (including phenoxy) is 1. The third kappa shape index (κ3) is 3.27. The number of sulfonamides is 1. The zero-order valence-corrected chi connectivity index (χ0v) is 10.3. The zero-order valence-electron chi connectivity index (χ0n) is 9.51. The Balaban J connectivity index is 2.22. The molecule has 0 aliphatic rings. The number of hydrogen-bond donors (Lipinski definition) is 1. The molecule has 7 heteroatoms. The zero-order chi connectivity index (χ0) is 14.0. The summed E-state index contributed by atoms with van der Waals surface area (Å²) in [5.74, 6) is -1.63. The first-order valence-corrected chi connectivity index (χ1v) is 6.67. The fraction of sp³-hybridized carbons (Fsp3) is 0. The van der Waals surface area contributed by atoms with Crippen molar-refractivity contribution in [2.45, 2.75) is 4.90 Å². The van der Waals surface area contributed by atoms with E-state index in [-0.39, 0.29) is 16.4 Å². The summed E-state index contributed by atoms with van der Waals surface area (Å²) in [6, 6.07) is 8.31. The number of primary sulfonamides is 1. The van der Waals surface area contributed by atoms with Crippen molar-refractivity contribution in [1.29, 1.82) is 0 Å². The Morgan fingerprint density at radius 1 is 0.895 bits per heavy atom. The summed E-state index contributed by atoms with van der Waals surface area (Å²) in [5, 5.41) is 4.94. The van der Waals surface area contributed by atoms with Crippen LogP contribution in [-0.4, -0.2) is 8.42 Å². The first-order chi connectivity index (χ1) is 8.86. The minimum atomic E-state index is -3.77. The van der Waals surface area contributed by atoms with Crippen LogP contribution in [0.1, 0.15) is 0 Å². The van der Waals surface area contributed by atoms with Gasteiger partial charge in [0.05, 0.1) is 4.90 Å². The van der Waals surface area contributed by atoms with E-state index in [4.69, 9.17) is 9.88 Å².